The Labute approximate surface area is 83.2 Å². The van der Waals surface area contributed by atoms with Gasteiger partial charge >= 0.3 is 0 Å². The van der Waals surface area contributed by atoms with Gasteiger partial charge in [-0.3, -0.25) is 0 Å². The fourth-order valence-corrected chi connectivity index (χ4v) is 1.45. The summed E-state index contributed by atoms with van der Waals surface area (Å²) in [4.78, 5) is 0. The lowest BCUT2D eigenvalue weighted by atomic mass is 9.94. The van der Waals surface area contributed by atoms with Gasteiger partial charge in [0.25, 0.3) is 0 Å². The van der Waals surface area contributed by atoms with Crippen LogP contribution >= 0.6 is 0 Å². The van der Waals surface area contributed by atoms with Crippen LogP contribution in [0, 0.1) is 24.1 Å². The van der Waals surface area contributed by atoms with Gasteiger partial charge in [0.05, 0.1) is 12.0 Å². The van der Waals surface area contributed by atoms with Crippen molar-refractivity contribution >= 4 is 5.69 Å². The van der Waals surface area contributed by atoms with Crippen molar-refractivity contribution in [2.24, 2.45) is 0 Å². The topological polar surface area (TPSA) is 49.8 Å². The van der Waals surface area contributed by atoms with Crippen LogP contribution in [0.4, 0.5) is 10.1 Å². The molecule has 1 aromatic carbocycles. The summed E-state index contributed by atoms with van der Waals surface area (Å²) in [5, 5.41) is 8.86. The second-order valence-electron chi connectivity index (χ2n) is 3.32. The maximum Gasteiger partial charge on any atom is 0.123 e. The van der Waals surface area contributed by atoms with Crippen molar-refractivity contribution in [1.29, 1.82) is 5.26 Å². The van der Waals surface area contributed by atoms with E-state index in [9.17, 15) is 4.39 Å². The Morgan fingerprint density at radius 2 is 2.21 bits per heavy atom. The van der Waals surface area contributed by atoms with Crippen LogP contribution in [0.5, 0.6) is 0 Å². The predicted octanol–water partition coefficient (Wildman–Crippen LogP) is 2.73. The van der Waals surface area contributed by atoms with Crippen molar-refractivity contribution in [3.05, 3.63) is 29.1 Å². The van der Waals surface area contributed by atoms with Crippen molar-refractivity contribution in [2.45, 2.75) is 26.2 Å². The van der Waals surface area contributed by atoms with Gasteiger partial charge in [0.15, 0.2) is 0 Å². The monoisotopic (exact) mass is 192 g/mol. The third-order valence-corrected chi connectivity index (χ3v) is 2.32. The first-order valence-corrected chi connectivity index (χ1v) is 4.55. The number of hydrogen-bond acceptors (Lipinski definition) is 2. The maximum atomic E-state index is 13.1. The first kappa shape index (κ1) is 10.5. The molecule has 0 fully saturated rings. The number of rotatable bonds is 2. The van der Waals surface area contributed by atoms with E-state index in [-0.39, 0.29) is 11.7 Å². The highest BCUT2D eigenvalue weighted by Crippen LogP contribution is 2.28. The fourth-order valence-electron chi connectivity index (χ4n) is 1.45. The summed E-state index contributed by atoms with van der Waals surface area (Å²) in [7, 11) is 0. The van der Waals surface area contributed by atoms with Crippen molar-refractivity contribution in [1.82, 2.24) is 0 Å². The molecular weight excluding hydrogens is 179 g/mol. The molecule has 0 aromatic heterocycles. The van der Waals surface area contributed by atoms with E-state index in [1.807, 2.05) is 6.92 Å². The zero-order valence-electron chi connectivity index (χ0n) is 8.34. The maximum absolute atomic E-state index is 13.1. The Bertz CT molecular complexity index is 380. The number of nitriles is 1. The molecule has 0 radical (unpaired) electrons. The molecule has 14 heavy (non-hydrogen) atoms. The highest BCUT2D eigenvalue weighted by Gasteiger charge is 2.14. The summed E-state index contributed by atoms with van der Waals surface area (Å²) in [5.74, 6) is -0.648. The number of nitrogens with two attached hydrogens (primary N) is 1. The number of nitrogens with zero attached hydrogens (tertiary/aromatic N) is 1. The Kier molecular flexibility index (Phi) is 3.08. The Hall–Kier alpha value is -1.56. The Morgan fingerprint density at radius 1 is 1.57 bits per heavy atom. The quantitative estimate of drug-likeness (QED) is 0.732. The molecular formula is C11H13FN2. The van der Waals surface area contributed by atoms with E-state index in [0.29, 0.717) is 23.2 Å². The molecule has 2 nitrogen and oxygen atoms in total. The van der Waals surface area contributed by atoms with Crippen LogP contribution in [-0.2, 0) is 0 Å². The van der Waals surface area contributed by atoms with Crippen molar-refractivity contribution in [2.75, 3.05) is 5.73 Å². The standard InChI is InChI=1S/C11H13FN2/c1-3-8(6-13)10-5-9(12)4-7(2)11(10)14/h4-5,8H,3,14H2,1-2H3. The van der Waals surface area contributed by atoms with Crippen LogP contribution < -0.4 is 5.73 Å². The zero-order chi connectivity index (χ0) is 10.7. The van der Waals surface area contributed by atoms with E-state index in [4.69, 9.17) is 11.0 Å². The number of hydrogen-bond donors (Lipinski definition) is 1. The minimum absolute atomic E-state index is 0.315. The molecule has 74 valence electrons. The predicted molar refractivity (Wildman–Crippen MR) is 54.2 cm³/mol. The first-order chi connectivity index (χ1) is 6.60. The molecule has 0 amide bonds. The minimum Gasteiger partial charge on any atom is -0.398 e. The molecule has 0 spiro atoms. The van der Waals surface area contributed by atoms with Crippen molar-refractivity contribution < 1.29 is 4.39 Å². The van der Waals surface area contributed by atoms with Gasteiger partial charge in [0.2, 0.25) is 0 Å². The van der Waals surface area contributed by atoms with Gasteiger partial charge in [-0.25, -0.2) is 4.39 Å². The third-order valence-electron chi connectivity index (χ3n) is 2.32. The second kappa shape index (κ2) is 4.10. The third kappa shape index (κ3) is 1.85. The van der Waals surface area contributed by atoms with Crippen LogP contribution in [0.15, 0.2) is 12.1 Å². The number of nitrogen functional groups attached to an aromatic ring is 1. The molecule has 0 saturated heterocycles. The van der Waals surface area contributed by atoms with E-state index < -0.39 is 0 Å². The van der Waals surface area contributed by atoms with E-state index in [0.717, 1.165) is 0 Å². The highest BCUT2D eigenvalue weighted by molar-refractivity contribution is 5.56. The van der Waals surface area contributed by atoms with E-state index >= 15 is 0 Å². The molecule has 1 rings (SSSR count). The number of benzene rings is 1. The van der Waals surface area contributed by atoms with Crippen LogP contribution in [0.3, 0.4) is 0 Å². The molecule has 1 atom stereocenters. The summed E-state index contributed by atoms with van der Waals surface area (Å²) in [6, 6.07) is 4.84. The number of anilines is 1. The minimum atomic E-state index is -0.333. The number of halogens is 1. The van der Waals surface area contributed by atoms with E-state index in [2.05, 4.69) is 6.07 Å². The van der Waals surface area contributed by atoms with Gasteiger partial charge < -0.3 is 5.73 Å². The molecule has 2 N–H and O–H groups in total. The van der Waals surface area contributed by atoms with Crippen LogP contribution in [0.1, 0.15) is 30.4 Å². The number of aryl methyl sites for hydroxylation is 1. The summed E-state index contributed by atoms with van der Waals surface area (Å²) in [6.45, 7) is 3.62. The van der Waals surface area contributed by atoms with Gasteiger partial charge in [-0.15, -0.1) is 0 Å². The van der Waals surface area contributed by atoms with Crippen LogP contribution in [0.2, 0.25) is 0 Å². The van der Waals surface area contributed by atoms with Crippen LogP contribution in [-0.4, -0.2) is 0 Å². The fraction of sp³-hybridized carbons (Fsp3) is 0.364. The summed E-state index contributed by atoms with van der Waals surface area (Å²) >= 11 is 0. The first-order valence-electron chi connectivity index (χ1n) is 4.55. The van der Waals surface area contributed by atoms with Gasteiger partial charge in [-0.05, 0) is 36.6 Å². The lowest BCUT2D eigenvalue weighted by Crippen LogP contribution is -2.03. The molecule has 0 bridgehead atoms. The summed E-state index contributed by atoms with van der Waals surface area (Å²) in [5.41, 5.74) is 7.61. The molecule has 1 aromatic rings. The van der Waals surface area contributed by atoms with Gasteiger partial charge in [-0.2, -0.15) is 5.26 Å². The Balaban J connectivity index is 3.27. The SMILES string of the molecule is CCC(C#N)c1cc(F)cc(C)c1N. The average molecular weight is 192 g/mol. The second-order valence-corrected chi connectivity index (χ2v) is 3.32. The molecule has 0 aliphatic carbocycles. The molecule has 0 saturated carbocycles. The lowest BCUT2D eigenvalue weighted by molar-refractivity contribution is 0.622. The van der Waals surface area contributed by atoms with Crippen LogP contribution in [0.25, 0.3) is 0 Å². The normalized spacial score (nSPS) is 12.1. The Morgan fingerprint density at radius 3 is 2.71 bits per heavy atom. The average Bonchev–Trinajstić information content (AvgIpc) is 2.15. The van der Waals surface area contributed by atoms with E-state index in [1.54, 1.807) is 6.92 Å². The van der Waals surface area contributed by atoms with Crippen molar-refractivity contribution in [3.63, 3.8) is 0 Å². The summed E-state index contributed by atoms with van der Waals surface area (Å²) in [6.07, 6.45) is 0.642. The van der Waals surface area contributed by atoms with Crippen molar-refractivity contribution in [3.8, 4) is 6.07 Å². The van der Waals surface area contributed by atoms with E-state index in [1.165, 1.54) is 12.1 Å². The molecule has 0 aliphatic heterocycles. The summed E-state index contributed by atoms with van der Waals surface area (Å²) < 4.78 is 13.1. The largest absolute Gasteiger partial charge is 0.398 e. The lowest BCUT2D eigenvalue weighted by Gasteiger charge is -2.12. The highest BCUT2D eigenvalue weighted by atomic mass is 19.1. The van der Waals surface area contributed by atoms with Gasteiger partial charge in [0, 0.05) is 5.69 Å². The molecule has 3 heteroatoms. The molecule has 0 aliphatic rings. The molecule has 0 heterocycles. The smallest absolute Gasteiger partial charge is 0.123 e. The molecule has 1 unspecified atom stereocenters. The zero-order valence-corrected chi connectivity index (χ0v) is 8.34. The van der Waals surface area contributed by atoms with Gasteiger partial charge in [0.1, 0.15) is 5.82 Å². The van der Waals surface area contributed by atoms with Gasteiger partial charge in [-0.1, -0.05) is 6.92 Å².